The standard InChI is InChI=1S/C26H25NO3S/c1-18(30-19(2)28)23-24(29)27-25(23)31-26(20-12-6-3-7-13-20,21-14-8-4-9-15-21)22-16-10-5-11-17-22/h3-18,23,25H,1-2H3,(H,27,29). The summed E-state index contributed by atoms with van der Waals surface area (Å²) in [5.74, 6) is -0.880. The Bertz CT molecular complexity index is 943. The number of rotatable bonds is 7. The van der Waals surface area contributed by atoms with E-state index in [-0.39, 0.29) is 17.3 Å². The number of ether oxygens (including phenoxy) is 1. The van der Waals surface area contributed by atoms with Crippen molar-refractivity contribution in [1.29, 1.82) is 0 Å². The zero-order valence-corrected chi connectivity index (χ0v) is 18.3. The molecule has 0 aromatic heterocycles. The minimum Gasteiger partial charge on any atom is -0.462 e. The van der Waals surface area contributed by atoms with Gasteiger partial charge in [-0.2, -0.15) is 0 Å². The van der Waals surface area contributed by atoms with Crippen molar-refractivity contribution < 1.29 is 14.3 Å². The Morgan fingerprint density at radius 1 is 0.871 bits per heavy atom. The second-order valence-corrected chi connectivity index (χ2v) is 9.02. The fraction of sp³-hybridized carbons (Fsp3) is 0.231. The lowest BCUT2D eigenvalue weighted by Crippen LogP contribution is -2.62. The van der Waals surface area contributed by atoms with Gasteiger partial charge in [0.15, 0.2) is 0 Å². The summed E-state index contributed by atoms with van der Waals surface area (Å²) in [5.41, 5.74) is 3.37. The maximum atomic E-state index is 12.4. The van der Waals surface area contributed by atoms with Crippen LogP contribution < -0.4 is 5.32 Å². The molecule has 1 heterocycles. The highest BCUT2D eigenvalue weighted by molar-refractivity contribution is 8.01. The predicted octanol–water partition coefficient (Wildman–Crippen LogP) is 4.74. The fourth-order valence-electron chi connectivity index (χ4n) is 4.18. The molecule has 1 aliphatic rings. The summed E-state index contributed by atoms with van der Waals surface area (Å²) >= 11 is 1.68. The second-order valence-electron chi connectivity index (χ2n) is 7.67. The van der Waals surface area contributed by atoms with E-state index in [1.165, 1.54) is 6.92 Å². The first-order valence-electron chi connectivity index (χ1n) is 10.3. The lowest BCUT2D eigenvalue weighted by Gasteiger charge is -2.45. The molecule has 3 unspecified atom stereocenters. The van der Waals surface area contributed by atoms with Crippen LogP contribution in [0.5, 0.6) is 0 Å². The van der Waals surface area contributed by atoms with Gasteiger partial charge in [0.1, 0.15) is 12.0 Å². The number of benzene rings is 3. The minimum atomic E-state index is -0.545. The van der Waals surface area contributed by atoms with E-state index < -0.39 is 16.8 Å². The minimum absolute atomic E-state index is 0.0886. The molecule has 158 valence electrons. The first kappa shape index (κ1) is 21.2. The summed E-state index contributed by atoms with van der Waals surface area (Å²) in [6.45, 7) is 3.16. The third-order valence-electron chi connectivity index (χ3n) is 5.62. The molecule has 1 amide bonds. The van der Waals surface area contributed by atoms with Crippen LogP contribution in [0.4, 0.5) is 0 Å². The summed E-state index contributed by atoms with van der Waals surface area (Å²) in [6.07, 6.45) is -0.497. The van der Waals surface area contributed by atoms with Crippen molar-refractivity contribution in [3.05, 3.63) is 108 Å². The molecule has 1 fully saturated rings. The largest absolute Gasteiger partial charge is 0.462 e. The monoisotopic (exact) mass is 431 g/mol. The van der Waals surface area contributed by atoms with Crippen molar-refractivity contribution in [3.8, 4) is 0 Å². The lowest BCUT2D eigenvalue weighted by atomic mass is 9.84. The molecule has 1 saturated heterocycles. The highest BCUT2D eigenvalue weighted by atomic mass is 32.2. The maximum absolute atomic E-state index is 12.4. The summed E-state index contributed by atoms with van der Waals surface area (Å²) in [7, 11) is 0. The van der Waals surface area contributed by atoms with Gasteiger partial charge in [0.2, 0.25) is 5.91 Å². The molecule has 4 nitrogen and oxygen atoms in total. The second kappa shape index (κ2) is 8.98. The van der Waals surface area contributed by atoms with Crippen molar-refractivity contribution in [3.63, 3.8) is 0 Å². The van der Waals surface area contributed by atoms with Gasteiger partial charge >= 0.3 is 5.97 Å². The van der Waals surface area contributed by atoms with Gasteiger partial charge in [-0.1, -0.05) is 91.0 Å². The molecule has 0 bridgehead atoms. The van der Waals surface area contributed by atoms with Gasteiger partial charge in [0.05, 0.1) is 10.1 Å². The van der Waals surface area contributed by atoms with E-state index in [2.05, 4.69) is 41.7 Å². The van der Waals surface area contributed by atoms with Crippen molar-refractivity contribution >= 4 is 23.6 Å². The van der Waals surface area contributed by atoms with E-state index in [4.69, 9.17) is 4.74 Å². The van der Waals surface area contributed by atoms with Crippen LogP contribution in [0.1, 0.15) is 30.5 Å². The molecule has 0 aliphatic carbocycles. The van der Waals surface area contributed by atoms with Crippen LogP contribution in [0.3, 0.4) is 0 Å². The number of hydrogen-bond acceptors (Lipinski definition) is 4. The molecule has 0 radical (unpaired) electrons. The Labute approximate surface area is 187 Å². The summed E-state index contributed by atoms with van der Waals surface area (Å²) in [6, 6.07) is 31.0. The normalized spacial score (nSPS) is 19.1. The number of carbonyl (C=O) groups is 2. The van der Waals surface area contributed by atoms with Crippen molar-refractivity contribution in [1.82, 2.24) is 5.32 Å². The van der Waals surface area contributed by atoms with Gasteiger partial charge in [-0.25, -0.2) is 0 Å². The third-order valence-corrected chi connectivity index (χ3v) is 7.34. The van der Waals surface area contributed by atoms with Crippen LogP contribution in [-0.2, 0) is 19.1 Å². The smallest absolute Gasteiger partial charge is 0.302 e. The zero-order valence-electron chi connectivity index (χ0n) is 17.5. The van der Waals surface area contributed by atoms with E-state index in [9.17, 15) is 9.59 Å². The number of nitrogens with one attached hydrogen (secondary N) is 1. The lowest BCUT2D eigenvalue weighted by molar-refractivity contribution is -0.154. The van der Waals surface area contributed by atoms with Crippen molar-refractivity contribution in [2.24, 2.45) is 5.92 Å². The number of β-lactam (4-membered cyclic amide) rings is 1. The van der Waals surface area contributed by atoms with Gasteiger partial charge in [0.25, 0.3) is 0 Å². The molecule has 5 heteroatoms. The van der Waals surface area contributed by atoms with E-state index in [1.54, 1.807) is 18.7 Å². The van der Waals surface area contributed by atoms with Gasteiger partial charge in [-0.05, 0) is 23.6 Å². The SMILES string of the molecule is CC(=O)OC(C)C1C(=O)NC1SC(c1ccccc1)(c1ccccc1)c1ccccc1. The van der Waals surface area contributed by atoms with Gasteiger partial charge in [-0.15, -0.1) is 11.8 Å². The zero-order chi connectivity index (χ0) is 21.8. The number of hydrogen-bond donors (Lipinski definition) is 1. The molecule has 3 aromatic carbocycles. The average molecular weight is 432 g/mol. The number of carbonyl (C=O) groups excluding carboxylic acids is 2. The molecule has 3 aromatic rings. The van der Waals surface area contributed by atoms with Crippen LogP contribution in [0, 0.1) is 5.92 Å². The fourth-order valence-corrected chi connectivity index (χ4v) is 6.04. The van der Waals surface area contributed by atoms with Crippen LogP contribution in [0.15, 0.2) is 91.0 Å². The van der Waals surface area contributed by atoms with Gasteiger partial charge in [0, 0.05) is 6.92 Å². The Morgan fingerprint density at radius 2 is 1.29 bits per heavy atom. The molecule has 1 N–H and O–H groups in total. The Hall–Kier alpha value is -3.05. The van der Waals surface area contributed by atoms with E-state index >= 15 is 0 Å². The summed E-state index contributed by atoms with van der Waals surface area (Å²) in [4.78, 5) is 23.9. The van der Waals surface area contributed by atoms with Crippen LogP contribution in [-0.4, -0.2) is 23.4 Å². The highest BCUT2D eigenvalue weighted by Gasteiger charge is 2.50. The molecular weight excluding hydrogens is 406 g/mol. The van der Waals surface area contributed by atoms with Gasteiger partial charge in [-0.3, -0.25) is 9.59 Å². The Morgan fingerprint density at radius 3 is 1.65 bits per heavy atom. The quantitative estimate of drug-likeness (QED) is 0.334. The molecule has 0 saturated carbocycles. The van der Waals surface area contributed by atoms with Crippen molar-refractivity contribution in [2.75, 3.05) is 0 Å². The molecule has 31 heavy (non-hydrogen) atoms. The Balaban J connectivity index is 1.83. The van der Waals surface area contributed by atoms with Crippen LogP contribution in [0.2, 0.25) is 0 Å². The topological polar surface area (TPSA) is 55.4 Å². The van der Waals surface area contributed by atoms with Crippen LogP contribution in [0.25, 0.3) is 0 Å². The summed E-state index contributed by atoms with van der Waals surface area (Å²) < 4.78 is 4.83. The Kier molecular flexibility index (Phi) is 6.14. The molecule has 1 aliphatic heterocycles. The summed E-state index contributed by atoms with van der Waals surface area (Å²) in [5, 5.41) is 2.84. The van der Waals surface area contributed by atoms with Crippen LogP contribution >= 0.6 is 11.8 Å². The molecule has 0 spiro atoms. The number of thioether (sulfide) groups is 1. The van der Waals surface area contributed by atoms with E-state index in [0.717, 1.165) is 16.7 Å². The molecule has 4 rings (SSSR count). The van der Waals surface area contributed by atoms with Crippen molar-refractivity contribution in [2.45, 2.75) is 30.1 Å². The maximum Gasteiger partial charge on any atom is 0.302 e. The number of esters is 1. The first-order chi connectivity index (χ1) is 15.0. The number of amides is 1. The first-order valence-corrected chi connectivity index (χ1v) is 11.2. The molecular formula is C26H25NO3S. The highest BCUT2D eigenvalue weighted by Crippen LogP contribution is 2.52. The van der Waals surface area contributed by atoms with E-state index in [0.29, 0.717) is 0 Å². The average Bonchev–Trinajstić information content (AvgIpc) is 2.77. The van der Waals surface area contributed by atoms with E-state index in [1.807, 2.05) is 54.6 Å². The van der Waals surface area contributed by atoms with Gasteiger partial charge < -0.3 is 10.1 Å². The molecule has 3 atom stereocenters. The predicted molar refractivity (Wildman–Crippen MR) is 123 cm³/mol. The third kappa shape index (κ3) is 4.10.